The summed E-state index contributed by atoms with van der Waals surface area (Å²) in [4.78, 5) is 12.0. The maximum atomic E-state index is 12.0. The summed E-state index contributed by atoms with van der Waals surface area (Å²) in [6.45, 7) is 8.11. The first kappa shape index (κ1) is 16.2. The van der Waals surface area contributed by atoms with Gasteiger partial charge in [0.1, 0.15) is 5.75 Å². The average molecular weight is 292 g/mol. The van der Waals surface area contributed by atoms with Gasteiger partial charge in [-0.3, -0.25) is 10.1 Å². The first-order valence-electron chi connectivity index (χ1n) is 6.53. The fraction of sp³-hybridized carbons (Fsp3) is 0.333. The van der Waals surface area contributed by atoms with Crippen LogP contribution >= 0.6 is 12.2 Å². The van der Waals surface area contributed by atoms with E-state index in [1.54, 1.807) is 24.3 Å². The molecule has 0 aliphatic carbocycles. The molecule has 0 heterocycles. The standard InChI is InChI=1S/C15H20N2O2S/c1-4-9-16-15(20)17-14(18)12-7-6-8-13(10-12)19-11(3)5-2/h4,6-8,10-11H,1,5,9H2,2-3H3,(H2,16,17,18,20). The Kier molecular flexibility index (Phi) is 6.73. The molecule has 0 aromatic heterocycles. The number of hydrogen-bond donors (Lipinski definition) is 2. The monoisotopic (exact) mass is 292 g/mol. The number of carbonyl (C=O) groups is 1. The topological polar surface area (TPSA) is 50.4 Å². The quantitative estimate of drug-likeness (QED) is 0.625. The van der Waals surface area contributed by atoms with E-state index in [1.165, 1.54) is 0 Å². The summed E-state index contributed by atoms with van der Waals surface area (Å²) in [5, 5.41) is 5.72. The van der Waals surface area contributed by atoms with Gasteiger partial charge in [-0.25, -0.2) is 0 Å². The molecular weight excluding hydrogens is 272 g/mol. The van der Waals surface area contributed by atoms with Crippen LogP contribution in [0.2, 0.25) is 0 Å². The number of rotatable bonds is 6. The Labute approximate surface area is 125 Å². The predicted molar refractivity (Wildman–Crippen MR) is 85.1 cm³/mol. The summed E-state index contributed by atoms with van der Waals surface area (Å²) in [6, 6.07) is 7.04. The molecule has 1 atom stereocenters. The molecule has 0 aliphatic heterocycles. The number of amides is 1. The van der Waals surface area contributed by atoms with Crippen molar-refractivity contribution in [2.75, 3.05) is 6.54 Å². The smallest absolute Gasteiger partial charge is 0.257 e. The van der Waals surface area contributed by atoms with Crippen LogP contribution in [0.3, 0.4) is 0 Å². The molecule has 0 bridgehead atoms. The van der Waals surface area contributed by atoms with Crippen molar-refractivity contribution in [1.29, 1.82) is 0 Å². The summed E-state index contributed by atoms with van der Waals surface area (Å²) in [6.07, 6.45) is 2.69. The fourth-order valence-corrected chi connectivity index (χ4v) is 1.59. The lowest BCUT2D eigenvalue weighted by Gasteiger charge is -2.13. The zero-order valence-electron chi connectivity index (χ0n) is 11.8. The van der Waals surface area contributed by atoms with E-state index < -0.39 is 0 Å². The van der Waals surface area contributed by atoms with E-state index in [0.717, 1.165) is 6.42 Å². The molecule has 1 aromatic carbocycles. The third-order valence-electron chi connectivity index (χ3n) is 2.64. The molecule has 1 aromatic rings. The zero-order chi connectivity index (χ0) is 15.0. The molecule has 0 spiro atoms. The van der Waals surface area contributed by atoms with Gasteiger partial charge < -0.3 is 10.1 Å². The minimum atomic E-state index is -0.263. The second-order valence-electron chi connectivity index (χ2n) is 4.32. The van der Waals surface area contributed by atoms with Crippen LogP contribution in [-0.4, -0.2) is 23.7 Å². The minimum Gasteiger partial charge on any atom is -0.491 e. The molecular formula is C15H20N2O2S. The van der Waals surface area contributed by atoms with E-state index in [4.69, 9.17) is 17.0 Å². The van der Waals surface area contributed by atoms with Crippen molar-refractivity contribution in [1.82, 2.24) is 10.6 Å². The van der Waals surface area contributed by atoms with Gasteiger partial charge in [-0.1, -0.05) is 19.1 Å². The number of nitrogens with one attached hydrogen (secondary N) is 2. The second-order valence-corrected chi connectivity index (χ2v) is 4.73. The minimum absolute atomic E-state index is 0.114. The summed E-state index contributed by atoms with van der Waals surface area (Å²) < 4.78 is 5.68. The normalized spacial score (nSPS) is 11.3. The molecule has 5 heteroatoms. The second kappa shape index (κ2) is 8.32. The highest BCUT2D eigenvalue weighted by atomic mass is 32.1. The predicted octanol–water partition coefficient (Wildman–Crippen LogP) is 2.65. The van der Waals surface area contributed by atoms with Crippen molar-refractivity contribution >= 4 is 23.2 Å². The van der Waals surface area contributed by atoms with Gasteiger partial charge in [-0.2, -0.15) is 0 Å². The van der Waals surface area contributed by atoms with E-state index in [0.29, 0.717) is 17.9 Å². The Bertz CT molecular complexity index is 489. The molecule has 0 fully saturated rings. The van der Waals surface area contributed by atoms with Gasteiger partial charge in [-0.05, 0) is 43.8 Å². The van der Waals surface area contributed by atoms with Gasteiger partial charge in [0.25, 0.3) is 5.91 Å². The molecule has 0 saturated heterocycles. The Balaban J connectivity index is 2.66. The maximum Gasteiger partial charge on any atom is 0.257 e. The van der Waals surface area contributed by atoms with E-state index >= 15 is 0 Å². The third kappa shape index (κ3) is 5.40. The summed E-state index contributed by atoms with van der Waals surface area (Å²) >= 11 is 5.00. The van der Waals surface area contributed by atoms with E-state index in [2.05, 4.69) is 17.2 Å². The first-order valence-corrected chi connectivity index (χ1v) is 6.94. The average Bonchev–Trinajstić information content (AvgIpc) is 2.45. The summed E-state index contributed by atoms with van der Waals surface area (Å²) in [5.41, 5.74) is 0.508. The van der Waals surface area contributed by atoms with Crippen molar-refractivity contribution in [3.63, 3.8) is 0 Å². The van der Waals surface area contributed by atoms with Gasteiger partial charge >= 0.3 is 0 Å². The molecule has 20 heavy (non-hydrogen) atoms. The molecule has 0 saturated carbocycles. The number of hydrogen-bond acceptors (Lipinski definition) is 3. The largest absolute Gasteiger partial charge is 0.491 e. The number of thiocarbonyl (C=S) groups is 1. The molecule has 4 nitrogen and oxygen atoms in total. The van der Waals surface area contributed by atoms with Crippen LogP contribution in [0.25, 0.3) is 0 Å². The van der Waals surface area contributed by atoms with Crippen LogP contribution in [0, 0.1) is 0 Å². The number of benzene rings is 1. The van der Waals surface area contributed by atoms with E-state index in [1.807, 2.05) is 19.9 Å². The van der Waals surface area contributed by atoms with Crippen molar-refractivity contribution in [3.8, 4) is 5.75 Å². The van der Waals surface area contributed by atoms with Gasteiger partial charge in [0.15, 0.2) is 5.11 Å². The maximum absolute atomic E-state index is 12.0. The molecule has 1 rings (SSSR count). The Morgan fingerprint density at radius 1 is 1.55 bits per heavy atom. The van der Waals surface area contributed by atoms with Gasteiger partial charge in [0.2, 0.25) is 0 Å². The van der Waals surface area contributed by atoms with E-state index in [9.17, 15) is 4.79 Å². The van der Waals surface area contributed by atoms with Crippen LogP contribution in [0.4, 0.5) is 0 Å². The zero-order valence-corrected chi connectivity index (χ0v) is 12.6. The van der Waals surface area contributed by atoms with Crippen LogP contribution in [0.15, 0.2) is 36.9 Å². The summed E-state index contributed by atoms with van der Waals surface area (Å²) in [7, 11) is 0. The lowest BCUT2D eigenvalue weighted by atomic mass is 10.2. The number of carbonyl (C=O) groups excluding carboxylic acids is 1. The third-order valence-corrected chi connectivity index (χ3v) is 2.89. The first-order chi connectivity index (χ1) is 9.56. The Hall–Kier alpha value is -1.88. The highest BCUT2D eigenvalue weighted by Crippen LogP contribution is 2.15. The molecule has 108 valence electrons. The van der Waals surface area contributed by atoms with Crippen molar-refractivity contribution in [3.05, 3.63) is 42.5 Å². The van der Waals surface area contributed by atoms with Crippen molar-refractivity contribution < 1.29 is 9.53 Å². The molecule has 0 radical (unpaired) electrons. The van der Waals surface area contributed by atoms with E-state index in [-0.39, 0.29) is 17.1 Å². The van der Waals surface area contributed by atoms with Crippen molar-refractivity contribution in [2.45, 2.75) is 26.4 Å². The SMILES string of the molecule is C=CCNC(=S)NC(=O)c1cccc(OC(C)CC)c1. The molecule has 1 unspecified atom stereocenters. The lowest BCUT2D eigenvalue weighted by molar-refractivity contribution is 0.0976. The van der Waals surface area contributed by atoms with Crippen LogP contribution in [0.5, 0.6) is 5.75 Å². The Morgan fingerprint density at radius 3 is 2.95 bits per heavy atom. The summed E-state index contributed by atoms with van der Waals surface area (Å²) in [5.74, 6) is 0.415. The Morgan fingerprint density at radius 2 is 2.30 bits per heavy atom. The highest BCUT2D eigenvalue weighted by Gasteiger charge is 2.09. The molecule has 0 aliphatic rings. The van der Waals surface area contributed by atoms with Crippen LogP contribution in [-0.2, 0) is 0 Å². The molecule has 2 N–H and O–H groups in total. The fourth-order valence-electron chi connectivity index (χ4n) is 1.41. The number of ether oxygens (including phenoxy) is 1. The van der Waals surface area contributed by atoms with Gasteiger partial charge in [0, 0.05) is 12.1 Å². The van der Waals surface area contributed by atoms with Gasteiger partial charge in [-0.15, -0.1) is 6.58 Å². The van der Waals surface area contributed by atoms with Crippen molar-refractivity contribution in [2.24, 2.45) is 0 Å². The van der Waals surface area contributed by atoms with Crippen LogP contribution < -0.4 is 15.4 Å². The molecule has 1 amide bonds. The lowest BCUT2D eigenvalue weighted by Crippen LogP contribution is -2.39. The highest BCUT2D eigenvalue weighted by molar-refractivity contribution is 7.80. The van der Waals surface area contributed by atoms with Crippen LogP contribution in [0.1, 0.15) is 30.6 Å². The van der Waals surface area contributed by atoms with Gasteiger partial charge in [0.05, 0.1) is 6.10 Å².